The molecule has 1 aromatic heterocycles. The third-order valence-electron chi connectivity index (χ3n) is 5.22. The minimum absolute atomic E-state index is 0.0661. The van der Waals surface area contributed by atoms with E-state index in [1.54, 1.807) is 13.2 Å². The lowest BCUT2D eigenvalue weighted by Crippen LogP contribution is -2.37. The van der Waals surface area contributed by atoms with Crippen molar-refractivity contribution in [2.24, 2.45) is 0 Å². The molecule has 0 spiro atoms. The predicted octanol–water partition coefficient (Wildman–Crippen LogP) is 2.74. The number of aromatic nitrogens is 2. The number of ether oxygens (including phenoxy) is 2. The Bertz CT molecular complexity index is 919. The summed E-state index contributed by atoms with van der Waals surface area (Å²) < 4.78 is 11.3. The fraction of sp³-hybridized carbons (Fsp3) is 0.429. The van der Waals surface area contributed by atoms with Gasteiger partial charge in [0.15, 0.2) is 11.5 Å². The van der Waals surface area contributed by atoms with Gasteiger partial charge in [-0.15, -0.1) is 0 Å². The van der Waals surface area contributed by atoms with Crippen molar-refractivity contribution >= 4 is 6.08 Å². The molecule has 0 radical (unpaired) electrons. The molecule has 6 heteroatoms. The highest BCUT2D eigenvalue weighted by molar-refractivity contribution is 5.66. The molecule has 0 aliphatic carbocycles. The molecule has 0 bridgehead atoms. The Labute approximate surface area is 158 Å². The van der Waals surface area contributed by atoms with E-state index in [0.717, 1.165) is 55.2 Å². The standard InChI is InChI=1S/C21H25N3O3/c1-14-22-18(10-20(25)23-14)17-6-4-8-24(12-17)11-15-9-16-5-3-7-19(26-2)21(16)27-13-15/h3,5,7,9-10,17H,4,6,8,11-13H2,1-2H3,(H,22,23,25). The van der Waals surface area contributed by atoms with Gasteiger partial charge in [0.05, 0.1) is 12.8 Å². The predicted molar refractivity (Wildman–Crippen MR) is 104 cm³/mol. The van der Waals surface area contributed by atoms with Crippen molar-refractivity contribution in [1.82, 2.24) is 14.9 Å². The van der Waals surface area contributed by atoms with Gasteiger partial charge < -0.3 is 14.5 Å². The molecule has 142 valence electrons. The van der Waals surface area contributed by atoms with Gasteiger partial charge in [0.25, 0.3) is 5.56 Å². The number of rotatable bonds is 4. The Hall–Kier alpha value is -2.60. The number of methoxy groups -OCH3 is 1. The van der Waals surface area contributed by atoms with Crippen LogP contribution >= 0.6 is 0 Å². The van der Waals surface area contributed by atoms with Gasteiger partial charge in [-0.05, 0) is 44.0 Å². The molecule has 4 rings (SSSR count). The van der Waals surface area contributed by atoms with E-state index in [0.29, 0.717) is 18.3 Å². The van der Waals surface area contributed by atoms with E-state index in [-0.39, 0.29) is 5.56 Å². The fourth-order valence-electron chi connectivity index (χ4n) is 4.02. The van der Waals surface area contributed by atoms with E-state index in [1.807, 2.05) is 19.1 Å². The summed E-state index contributed by atoms with van der Waals surface area (Å²) in [5.74, 6) is 2.58. The second-order valence-corrected chi connectivity index (χ2v) is 7.30. The van der Waals surface area contributed by atoms with Gasteiger partial charge in [0.2, 0.25) is 0 Å². The zero-order chi connectivity index (χ0) is 18.8. The Balaban J connectivity index is 1.48. The largest absolute Gasteiger partial charge is 0.493 e. The first kappa shape index (κ1) is 17.8. The number of para-hydroxylation sites is 1. The summed E-state index contributed by atoms with van der Waals surface area (Å²) in [5.41, 5.74) is 3.16. The summed E-state index contributed by atoms with van der Waals surface area (Å²) in [4.78, 5) is 21.5. The lowest BCUT2D eigenvalue weighted by Gasteiger charge is -2.33. The molecule has 27 heavy (non-hydrogen) atoms. The average Bonchev–Trinajstić information content (AvgIpc) is 2.67. The molecule has 1 aromatic carbocycles. The molecule has 1 unspecified atom stereocenters. The molecule has 1 atom stereocenters. The van der Waals surface area contributed by atoms with E-state index in [1.165, 1.54) is 5.57 Å². The van der Waals surface area contributed by atoms with Crippen molar-refractivity contribution < 1.29 is 9.47 Å². The van der Waals surface area contributed by atoms with Crippen LogP contribution in [0.25, 0.3) is 6.08 Å². The Morgan fingerprint density at radius 3 is 3.11 bits per heavy atom. The minimum Gasteiger partial charge on any atom is -0.493 e. The van der Waals surface area contributed by atoms with Crippen LogP contribution in [0.1, 0.15) is 35.8 Å². The van der Waals surface area contributed by atoms with Crippen LogP contribution < -0.4 is 15.0 Å². The minimum atomic E-state index is -0.0661. The van der Waals surface area contributed by atoms with Crippen molar-refractivity contribution in [2.45, 2.75) is 25.7 Å². The van der Waals surface area contributed by atoms with Crippen molar-refractivity contribution in [3.63, 3.8) is 0 Å². The van der Waals surface area contributed by atoms with Crippen LogP contribution in [0, 0.1) is 6.92 Å². The number of aromatic amines is 1. The first-order valence-electron chi connectivity index (χ1n) is 9.42. The molecule has 6 nitrogen and oxygen atoms in total. The highest BCUT2D eigenvalue weighted by atomic mass is 16.5. The van der Waals surface area contributed by atoms with Crippen LogP contribution in [0.2, 0.25) is 0 Å². The number of aryl methyl sites for hydroxylation is 1. The van der Waals surface area contributed by atoms with Crippen molar-refractivity contribution in [3.05, 3.63) is 57.3 Å². The van der Waals surface area contributed by atoms with Crippen LogP contribution in [-0.2, 0) is 0 Å². The van der Waals surface area contributed by atoms with Gasteiger partial charge in [-0.25, -0.2) is 4.98 Å². The SMILES string of the molecule is COc1cccc2c1OCC(CN1CCCC(c3cc(=O)[nH]c(C)n3)C1)=C2. The second-order valence-electron chi connectivity index (χ2n) is 7.30. The van der Waals surface area contributed by atoms with Crippen LogP contribution in [0.3, 0.4) is 0 Å². The third kappa shape index (κ3) is 3.90. The van der Waals surface area contributed by atoms with E-state index in [4.69, 9.17) is 9.47 Å². The lowest BCUT2D eigenvalue weighted by molar-refractivity contribution is 0.212. The van der Waals surface area contributed by atoms with Gasteiger partial charge in [0, 0.05) is 30.6 Å². The van der Waals surface area contributed by atoms with E-state index < -0.39 is 0 Å². The molecule has 2 aliphatic rings. The van der Waals surface area contributed by atoms with E-state index in [9.17, 15) is 4.79 Å². The van der Waals surface area contributed by atoms with E-state index >= 15 is 0 Å². The van der Waals surface area contributed by atoms with Crippen LogP contribution in [0.4, 0.5) is 0 Å². The van der Waals surface area contributed by atoms with Crippen molar-refractivity contribution in [3.8, 4) is 11.5 Å². The monoisotopic (exact) mass is 367 g/mol. The number of fused-ring (bicyclic) bond motifs is 1. The highest BCUT2D eigenvalue weighted by Gasteiger charge is 2.25. The summed E-state index contributed by atoms with van der Waals surface area (Å²) in [7, 11) is 1.66. The van der Waals surface area contributed by atoms with Gasteiger partial charge in [-0.1, -0.05) is 12.1 Å². The Morgan fingerprint density at radius 1 is 1.41 bits per heavy atom. The molecular weight excluding hydrogens is 342 g/mol. The molecule has 2 aromatic rings. The van der Waals surface area contributed by atoms with Gasteiger partial charge >= 0.3 is 0 Å². The first-order valence-corrected chi connectivity index (χ1v) is 9.42. The van der Waals surface area contributed by atoms with Crippen LogP contribution in [0.5, 0.6) is 11.5 Å². The van der Waals surface area contributed by atoms with E-state index in [2.05, 4.69) is 27.0 Å². The number of piperidine rings is 1. The summed E-state index contributed by atoms with van der Waals surface area (Å²) in [5, 5.41) is 0. The summed E-state index contributed by atoms with van der Waals surface area (Å²) >= 11 is 0. The molecule has 2 aliphatic heterocycles. The summed E-state index contributed by atoms with van der Waals surface area (Å²) in [6, 6.07) is 7.60. The fourth-order valence-corrected chi connectivity index (χ4v) is 4.02. The number of hydrogen-bond donors (Lipinski definition) is 1. The molecule has 1 fully saturated rings. The highest BCUT2D eigenvalue weighted by Crippen LogP contribution is 2.36. The zero-order valence-corrected chi connectivity index (χ0v) is 15.8. The van der Waals surface area contributed by atoms with Gasteiger partial charge in [-0.2, -0.15) is 0 Å². The number of benzene rings is 1. The number of hydrogen-bond acceptors (Lipinski definition) is 5. The second kappa shape index (κ2) is 7.56. The third-order valence-corrected chi connectivity index (χ3v) is 5.22. The zero-order valence-electron chi connectivity index (χ0n) is 15.8. The maximum Gasteiger partial charge on any atom is 0.251 e. The lowest BCUT2D eigenvalue weighted by atomic mass is 9.94. The van der Waals surface area contributed by atoms with Crippen molar-refractivity contribution in [2.75, 3.05) is 33.4 Å². The summed E-state index contributed by atoms with van der Waals surface area (Å²) in [6.07, 6.45) is 4.39. The maximum atomic E-state index is 11.8. The molecular formula is C21H25N3O3. The number of nitrogens with one attached hydrogen (secondary N) is 1. The number of nitrogens with zero attached hydrogens (tertiary/aromatic N) is 2. The molecule has 0 amide bonds. The number of likely N-dealkylation sites (tertiary alicyclic amines) is 1. The number of H-pyrrole nitrogens is 1. The average molecular weight is 367 g/mol. The Morgan fingerprint density at radius 2 is 2.30 bits per heavy atom. The topological polar surface area (TPSA) is 67.5 Å². The quantitative estimate of drug-likeness (QED) is 0.900. The maximum absolute atomic E-state index is 11.8. The molecule has 1 saturated heterocycles. The Kier molecular flexibility index (Phi) is 4.99. The normalized spacial score (nSPS) is 19.8. The first-order chi connectivity index (χ1) is 13.1. The van der Waals surface area contributed by atoms with Crippen molar-refractivity contribution in [1.29, 1.82) is 0 Å². The smallest absolute Gasteiger partial charge is 0.251 e. The van der Waals surface area contributed by atoms with Crippen LogP contribution in [-0.4, -0.2) is 48.2 Å². The van der Waals surface area contributed by atoms with Gasteiger partial charge in [-0.3, -0.25) is 9.69 Å². The van der Waals surface area contributed by atoms with Crippen LogP contribution in [0.15, 0.2) is 34.6 Å². The van der Waals surface area contributed by atoms with Gasteiger partial charge in [0.1, 0.15) is 12.4 Å². The molecule has 3 heterocycles. The summed E-state index contributed by atoms with van der Waals surface area (Å²) in [6.45, 7) is 5.26. The molecule has 0 saturated carbocycles. The molecule has 1 N–H and O–H groups in total.